The lowest BCUT2D eigenvalue weighted by Gasteiger charge is -2.17. The maximum absolute atomic E-state index is 12.3. The molecule has 0 spiro atoms. The Labute approximate surface area is 148 Å². The van der Waals surface area contributed by atoms with Crippen molar-refractivity contribution in [2.75, 3.05) is 12.3 Å². The highest BCUT2D eigenvalue weighted by atomic mass is 32.2. The van der Waals surface area contributed by atoms with Crippen LogP contribution in [0, 0.1) is 13.8 Å². The number of hydrogen-bond donors (Lipinski definition) is 1. The number of ether oxygens (including phenoxy) is 1. The number of benzene rings is 2. The van der Waals surface area contributed by atoms with E-state index in [1.807, 2.05) is 38.1 Å². The molecule has 128 valence electrons. The molecule has 0 saturated heterocycles. The normalized spacial score (nSPS) is 11.8. The molecule has 0 aliphatic heterocycles. The van der Waals surface area contributed by atoms with Gasteiger partial charge in [0.05, 0.1) is 0 Å². The van der Waals surface area contributed by atoms with Gasteiger partial charge in [-0.25, -0.2) is 0 Å². The minimum atomic E-state index is -0.447. The Bertz CT molecular complexity index is 638. The molecular formula is C20H25NO2S. The van der Waals surface area contributed by atoms with Crippen LogP contribution < -0.4 is 10.1 Å². The van der Waals surface area contributed by atoms with E-state index < -0.39 is 6.10 Å². The van der Waals surface area contributed by atoms with Gasteiger partial charge in [-0.1, -0.05) is 42.3 Å². The van der Waals surface area contributed by atoms with Gasteiger partial charge in [-0.05, 0) is 44.5 Å². The lowest BCUT2D eigenvalue weighted by atomic mass is 10.2. The third-order valence-electron chi connectivity index (χ3n) is 3.65. The maximum Gasteiger partial charge on any atom is 0.261 e. The summed E-state index contributed by atoms with van der Waals surface area (Å²) in [4.78, 5) is 13.5. The molecule has 0 fully saturated rings. The Balaban J connectivity index is 1.75. The molecule has 2 aromatic carbocycles. The molecule has 3 nitrogen and oxygen atoms in total. The summed E-state index contributed by atoms with van der Waals surface area (Å²) >= 11 is 1.74. The Hall–Kier alpha value is -1.94. The minimum Gasteiger partial charge on any atom is -0.481 e. The first-order valence-electron chi connectivity index (χ1n) is 8.29. The van der Waals surface area contributed by atoms with Gasteiger partial charge >= 0.3 is 0 Å². The summed E-state index contributed by atoms with van der Waals surface area (Å²) in [5.41, 5.74) is 2.43. The smallest absolute Gasteiger partial charge is 0.261 e. The Morgan fingerprint density at radius 3 is 2.21 bits per heavy atom. The third-order valence-corrected chi connectivity index (χ3v) is 4.67. The van der Waals surface area contributed by atoms with Crippen molar-refractivity contribution in [1.29, 1.82) is 0 Å². The van der Waals surface area contributed by atoms with Crippen molar-refractivity contribution in [3.05, 3.63) is 59.7 Å². The van der Waals surface area contributed by atoms with Crippen molar-refractivity contribution in [2.24, 2.45) is 0 Å². The van der Waals surface area contributed by atoms with Gasteiger partial charge < -0.3 is 10.1 Å². The summed E-state index contributed by atoms with van der Waals surface area (Å²) in [6.45, 7) is 6.69. The summed E-state index contributed by atoms with van der Waals surface area (Å²) < 4.78 is 5.79. The lowest BCUT2D eigenvalue weighted by Crippen LogP contribution is -2.39. The highest BCUT2D eigenvalue weighted by Crippen LogP contribution is 2.18. The van der Waals surface area contributed by atoms with Crippen LogP contribution in [0.15, 0.2) is 53.4 Å². The first-order valence-corrected chi connectivity index (χ1v) is 9.27. The van der Waals surface area contributed by atoms with Crippen LogP contribution in [-0.4, -0.2) is 24.3 Å². The van der Waals surface area contributed by atoms with Crippen LogP contribution in [-0.2, 0) is 4.79 Å². The third kappa shape index (κ3) is 5.93. The van der Waals surface area contributed by atoms with Crippen LogP contribution in [0.1, 0.15) is 24.5 Å². The van der Waals surface area contributed by atoms with Gasteiger partial charge in [-0.15, -0.1) is 11.8 Å². The van der Waals surface area contributed by atoms with Crippen LogP contribution in [0.25, 0.3) is 0 Å². The summed E-state index contributed by atoms with van der Waals surface area (Å²) in [6, 6.07) is 16.2. The topological polar surface area (TPSA) is 38.3 Å². The van der Waals surface area contributed by atoms with E-state index in [0.717, 1.165) is 11.5 Å². The van der Waals surface area contributed by atoms with Crippen molar-refractivity contribution in [2.45, 2.75) is 38.2 Å². The van der Waals surface area contributed by atoms with Crippen LogP contribution in [0.3, 0.4) is 0 Å². The first-order chi connectivity index (χ1) is 11.6. The molecule has 2 aromatic rings. The second-order valence-electron chi connectivity index (χ2n) is 5.78. The minimum absolute atomic E-state index is 0.0532. The van der Waals surface area contributed by atoms with Gasteiger partial charge in [0.2, 0.25) is 0 Å². The molecular weight excluding hydrogens is 318 g/mol. The van der Waals surface area contributed by atoms with E-state index >= 15 is 0 Å². The van der Waals surface area contributed by atoms with E-state index in [1.54, 1.807) is 11.8 Å². The fraction of sp³-hybridized carbons (Fsp3) is 0.350. The first kappa shape index (κ1) is 18.4. The molecule has 0 saturated carbocycles. The standard InChI is InChI=1S/C20H25NO2S/c1-4-19(23-17-9-5-15(2)6-10-17)20(22)21-13-14-24-18-11-7-16(3)8-12-18/h5-12,19H,4,13-14H2,1-3H3,(H,21,22)/t19-/m0/s1. The van der Waals surface area contributed by atoms with E-state index in [1.165, 1.54) is 16.0 Å². The molecule has 24 heavy (non-hydrogen) atoms. The second kappa shape index (κ2) is 9.38. The number of thioether (sulfide) groups is 1. The van der Waals surface area contributed by atoms with E-state index in [4.69, 9.17) is 4.74 Å². The van der Waals surface area contributed by atoms with E-state index in [2.05, 4.69) is 36.5 Å². The van der Waals surface area contributed by atoms with Gasteiger partial charge in [0.15, 0.2) is 6.10 Å². The van der Waals surface area contributed by atoms with E-state index in [0.29, 0.717) is 13.0 Å². The Kier molecular flexibility index (Phi) is 7.19. The molecule has 1 amide bonds. The molecule has 0 bridgehead atoms. The van der Waals surface area contributed by atoms with E-state index in [-0.39, 0.29) is 5.91 Å². The number of carbonyl (C=O) groups is 1. The highest BCUT2D eigenvalue weighted by Gasteiger charge is 2.17. The predicted molar refractivity (Wildman–Crippen MR) is 101 cm³/mol. The maximum atomic E-state index is 12.3. The van der Waals surface area contributed by atoms with Crippen LogP contribution in [0.4, 0.5) is 0 Å². The number of amides is 1. The van der Waals surface area contributed by atoms with Crippen molar-refractivity contribution in [3.63, 3.8) is 0 Å². The Morgan fingerprint density at radius 2 is 1.62 bits per heavy atom. The summed E-state index contributed by atoms with van der Waals surface area (Å²) in [5.74, 6) is 1.52. The average Bonchev–Trinajstić information content (AvgIpc) is 2.59. The highest BCUT2D eigenvalue weighted by molar-refractivity contribution is 7.99. The van der Waals surface area contributed by atoms with Gasteiger partial charge in [0.1, 0.15) is 5.75 Å². The number of rotatable bonds is 8. The SMILES string of the molecule is CC[C@H](Oc1ccc(C)cc1)C(=O)NCCSc1ccc(C)cc1. The van der Waals surface area contributed by atoms with Crippen molar-refractivity contribution >= 4 is 17.7 Å². The largest absolute Gasteiger partial charge is 0.481 e. The van der Waals surface area contributed by atoms with Gasteiger partial charge in [0, 0.05) is 17.2 Å². The summed E-state index contributed by atoms with van der Waals surface area (Å²) in [7, 11) is 0. The van der Waals surface area contributed by atoms with Gasteiger partial charge in [0.25, 0.3) is 5.91 Å². The monoisotopic (exact) mass is 343 g/mol. The quantitative estimate of drug-likeness (QED) is 0.571. The van der Waals surface area contributed by atoms with Crippen molar-refractivity contribution < 1.29 is 9.53 Å². The molecule has 0 unspecified atom stereocenters. The molecule has 0 heterocycles. The van der Waals surface area contributed by atoms with Crippen LogP contribution in [0.5, 0.6) is 5.75 Å². The Morgan fingerprint density at radius 1 is 1.04 bits per heavy atom. The second-order valence-corrected chi connectivity index (χ2v) is 6.95. The van der Waals surface area contributed by atoms with Crippen LogP contribution >= 0.6 is 11.8 Å². The molecule has 4 heteroatoms. The molecule has 2 rings (SSSR count). The lowest BCUT2D eigenvalue weighted by molar-refractivity contribution is -0.127. The van der Waals surface area contributed by atoms with Gasteiger partial charge in [-0.2, -0.15) is 0 Å². The number of hydrogen-bond acceptors (Lipinski definition) is 3. The predicted octanol–water partition coefficient (Wildman–Crippen LogP) is 4.37. The molecule has 0 aromatic heterocycles. The molecule has 0 radical (unpaired) electrons. The molecule has 0 aliphatic rings. The zero-order chi connectivity index (χ0) is 17.4. The zero-order valence-corrected chi connectivity index (χ0v) is 15.4. The molecule has 1 N–H and O–H groups in total. The number of aryl methyl sites for hydroxylation is 2. The zero-order valence-electron chi connectivity index (χ0n) is 14.5. The fourth-order valence-electron chi connectivity index (χ4n) is 2.19. The molecule has 1 atom stereocenters. The summed E-state index contributed by atoms with van der Waals surface area (Å²) in [5, 5.41) is 2.96. The summed E-state index contributed by atoms with van der Waals surface area (Å²) in [6.07, 6.45) is 0.197. The van der Waals surface area contributed by atoms with Crippen LogP contribution in [0.2, 0.25) is 0 Å². The van der Waals surface area contributed by atoms with Gasteiger partial charge in [-0.3, -0.25) is 4.79 Å². The van der Waals surface area contributed by atoms with Crippen molar-refractivity contribution in [3.8, 4) is 5.75 Å². The van der Waals surface area contributed by atoms with Crippen molar-refractivity contribution in [1.82, 2.24) is 5.32 Å². The average molecular weight is 343 g/mol. The van der Waals surface area contributed by atoms with E-state index in [9.17, 15) is 4.79 Å². The fourth-order valence-corrected chi connectivity index (χ4v) is 2.96. The molecule has 0 aliphatic carbocycles. The number of nitrogens with one attached hydrogen (secondary N) is 1. The number of carbonyl (C=O) groups excluding carboxylic acids is 1.